The normalized spacial score (nSPS) is 27.2. The first-order valence-electron chi connectivity index (χ1n) is 6.37. The maximum Gasteiger partial charge on any atom is 0.246 e. The van der Waals surface area contributed by atoms with Crippen LogP contribution in [-0.2, 0) is 14.3 Å². The number of amides is 1. The van der Waals surface area contributed by atoms with E-state index in [1.807, 2.05) is 6.92 Å². The van der Waals surface area contributed by atoms with E-state index in [2.05, 4.69) is 10.6 Å². The molecule has 0 bridgehead atoms. The van der Waals surface area contributed by atoms with Gasteiger partial charge in [0.25, 0.3) is 0 Å². The lowest BCUT2D eigenvalue weighted by molar-refractivity contribution is -0.136. The van der Waals surface area contributed by atoms with Gasteiger partial charge in [0, 0.05) is 26.2 Å². The number of hydrogen-bond donors (Lipinski definition) is 2. The summed E-state index contributed by atoms with van der Waals surface area (Å²) in [5, 5.41) is 6.04. The smallest absolute Gasteiger partial charge is 0.246 e. The van der Waals surface area contributed by atoms with Gasteiger partial charge in [0.15, 0.2) is 0 Å². The summed E-state index contributed by atoms with van der Waals surface area (Å²) < 4.78 is 10.9. The molecular weight excluding hydrogens is 220 g/mol. The molecule has 2 N–H and O–H groups in total. The average molecular weight is 242 g/mol. The van der Waals surface area contributed by atoms with E-state index in [0.717, 1.165) is 39.1 Å². The van der Waals surface area contributed by atoms with Gasteiger partial charge in [-0.1, -0.05) is 0 Å². The molecule has 0 aromatic heterocycles. The van der Waals surface area contributed by atoms with E-state index in [-0.39, 0.29) is 18.1 Å². The number of rotatable bonds is 5. The van der Waals surface area contributed by atoms with E-state index >= 15 is 0 Å². The summed E-state index contributed by atoms with van der Waals surface area (Å²) >= 11 is 0. The standard InChI is InChI=1S/C12H22N2O3/c1-12(8-13-9-12)17-7-11(15)14-5-10-3-2-4-16-6-10/h10,13H,2-9H2,1H3,(H,14,15). The number of nitrogens with one attached hydrogen (secondary N) is 2. The van der Waals surface area contributed by atoms with Gasteiger partial charge in [-0.25, -0.2) is 0 Å². The Balaban J connectivity index is 1.57. The Kier molecular flexibility index (Phi) is 4.36. The minimum atomic E-state index is -0.148. The molecule has 0 aromatic rings. The van der Waals surface area contributed by atoms with E-state index in [4.69, 9.17) is 9.47 Å². The zero-order chi connectivity index (χ0) is 12.1. The summed E-state index contributed by atoms with van der Waals surface area (Å²) in [6, 6.07) is 0. The van der Waals surface area contributed by atoms with Crippen molar-refractivity contribution >= 4 is 5.91 Å². The Morgan fingerprint density at radius 2 is 2.41 bits per heavy atom. The van der Waals surface area contributed by atoms with Gasteiger partial charge in [0.2, 0.25) is 5.91 Å². The van der Waals surface area contributed by atoms with E-state index in [0.29, 0.717) is 12.5 Å². The minimum absolute atomic E-state index is 0.0244. The van der Waals surface area contributed by atoms with Crippen molar-refractivity contribution in [1.82, 2.24) is 10.6 Å². The van der Waals surface area contributed by atoms with Crippen molar-refractivity contribution in [1.29, 1.82) is 0 Å². The molecule has 0 saturated carbocycles. The highest BCUT2D eigenvalue weighted by Crippen LogP contribution is 2.15. The maximum atomic E-state index is 11.6. The van der Waals surface area contributed by atoms with Crippen LogP contribution in [-0.4, -0.2) is 51.0 Å². The molecule has 2 fully saturated rings. The number of carbonyl (C=O) groups excluding carboxylic acids is 1. The summed E-state index contributed by atoms with van der Waals surface area (Å²) in [4.78, 5) is 11.6. The molecule has 2 aliphatic rings. The highest BCUT2D eigenvalue weighted by atomic mass is 16.5. The SMILES string of the molecule is CC1(OCC(=O)NCC2CCCOC2)CNC1. The van der Waals surface area contributed by atoms with Crippen molar-refractivity contribution in [3.8, 4) is 0 Å². The van der Waals surface area contributed by atoms with Crippen molar-refractivity contribution in [2.45, 2.75) is 25.4 Å². The number of hydrogen-bond acceptors (Lipinski definition) is 4. The lowest BCUT2D eigenvalue weighted by Crippen LogP contribution is -2.59. The third-order valence-corrected chi connectivity index (χ3v) is 3.39. The summed E-state index contributed by atoms with van der Waals surface area (Å²) in [5.41, 5.74) is -0.148. The van der Waals surface area contributed by atoms with Gasteiger partial charge in [-0.2, -0.15) is 0 Å². The van der Waals surface area contributed by atoms with Crippen LogP contribution in [0.4, 0.5) is 0 Å². The van der Waals surface area contributed by atoms with Gasteiger partial charge in [0.05, 0.1) is 12.2 Å². The maximum absolute atomic E-state index is 11.6. The second kappa shape index (κ2) is 5.80. The average Bonchev–Trinajstić information content (AvgIpc) is 2.33. The van der Waals surface area contributed by atoms with Crippen LogP contribution in [0.2, 0.25) is 0 Å². The fourth-order valence-corrected chi connectivity index (χ4v) is 2.10. The van der Waals surface area contributed by atoms with E-state index in [1.54, 1.807) is 0 Å². The first kappa shape index (κ1) is 12.8. The van der Waals surface area contributed by atoms with Gasteiger partial charge < -0.3 is 20.1 Å². The fraction of sp³-hybridized carbons (Fsp3) is 0.917. The minimum Gasteiger partial charge on any atom is -0.381 e. The van der Waals surface area contributed by atoms with Crippen LogP contribution >= 0.6 is 0 Å². The molecular formula is C12H22N2O3. The zero-order valence-electron chi connectivity index (χ0n) is 10.5. The molecule has 0 aliphatic carbocycles. The summed E-state index contributed by atoms with van der Waals surface area (Å²) in [6.07, 6.45) is 2.24. The van der Waals surface area contributed by atoms with Crippen molar-refractivity contribution in [3.05, 3.63) is 0 Å². The molecule has 0 radical (unpaired) electrons. The highest BCUT2D eigenvalue weighted by Gasteiger charge is 2.33. The van der Waals surface area contributed by atoms with Crippen LogP contribution in [0.25, 0.3) is 0 Å². The molecule has 1 amide bonds. The molecule has 2 heterocycles. The van der Waals surface area contributed by atoms with Crippen LogP contribution in [0.3, 0.4) is 0 Å². The fourth-order valence-electron chi connectivity index (χ4n) is 2.10. The Labute approximate surface area is 102 Å². The number of carbonyl (C=O) groups is 1. The van der Waals surface area contributed by atoms with Crippen molar-refractivity contribution in [2.24, 2.45) is 5.92 Å². The summed E-state index contributed by atoms with van der Waals surface area (Å²) in [6.45, 7) is 6.17. The van der Waals surface area contributed by atoms with Crippen LogP contribution in [0.15, 0.2) is 0 Å². The molecule has 5 heteroatoms. The molecule has 2 rings (SSSR count). The molecule has 5 nitrogen and oxygen atoms in total. The van der Waals surface area contributed by atoms with Crippen molar-refractivity contribution < 1.29 is 14.3 Å². The molecule has 2 saturated heterocycles. The zero-order valence-corrected chi connectivity index (χ0v) is 10.5. The Morgan fingerprint density at radius 1 is 1.59 bits per heavy atom. The van der Waals surface area contributed by atoms with Crippen molar-refractivity contribution in [3.63, 3.8) is 0 Å². The molecule has 0 spiro atoms. The molecule has 98 valence electrons. The first-order valence-corrected chi connectivity index (χ1v) is 6.37. The number of ether oxygens (including phenoxy) is 2. The third kappa shape index (κ3) is 3.94. The topological polar surface area (TPSA) is 59.6 Å². The molecule has 0 aromatic carbocycles. The highest BCUT2D eigenvalue weighted by molar-refractivity contribution is 5.77. The molecule has 1 atom stereocenters. The summed E-state index contributed by atoms with van der Waals surface area (Å²) in [5.74, 6) is 0.442. The molecule has 2 aliphatic heterocycles. The Morgan fingerprint density at radius 3 is 3.00 bits per heavy atom. The molecule has 17 heavy (non-hydrogen) atoms. The van der Waals surface area contributed by atoms with Gasteiger partial charge in [0.1, 0.15) is 6.61 Å². The van der Waals surface area contributed by atoms with Crippen LogP contribution in [0, 0.1) is 5.92 Å². The van der Waals surface area contributed by atoms with Crippen LogP contribution < -0.4 is 10.6 Å². The van der Waals surface area contributed by atoms with Crippen LogP contribution in [0.5, 0.6) is 0 Å². The Bertz CT molecular complexity index is 260. The predicted octanol–water partition coefficient (Wildman–Crippen LogP) is -0.0923. The van der Waals surface area contributed by atoms with Gasteiger partial charge >= 0.3 is 0 Å². The predicted molar refractivity (Wildman–Crippen MR) is 63.8 cm³/mol. The van der Waals surface area contributed by atoms with Gasteiger partial charge in [-0.3, -0.25) is 4.79 Å². The van der Waals surface area contributed by atoms with E-state index in [9.17, 15) is 4.79 Å². The molecule has 1 unspecified atom stereocenters. The second-order valence-corrected chi connectivity index (χ2v) is 5.23. The van der Waals surface area contributed by atoms with Gasteiger partial charge in [-0.15, -0.1) is 0 Å². The van der Waals surface area contributed by atoms with E-state index < -0.39 is 0 Å². The summed E-state index contributed by atoms with van der Waals surface area (Å²) in [7, 11) is 0. The van der Waals surface area contributed by atoms with Crippen LogP contribution in [0.1, 0.15) is 19.8 Å². The quantitative estimate of drug-likeness (QED) is 0.707. The lowest BCUT2D eigenvalue weighted by Gasteiger charge is -2.38. The van der Waals surface area contributed by atoms with Crippen molar-refractivity contribution in [2.75, 3.05) is 39.5 Å². The van der Waals surface area contributed by atoms with Gasteiger partial charge in [-0.05, 0) is 25.7 Å². The Hall–Kier alpha value is -0.650. The second-order valence-electron chi connectivity index (χ2n) is 5.23. The van der Waals surface area contributed by atoms with E-state index in [1.165, 1.54) is 0 Å². The monoisotopic (exact) mass is 242 g/mol. The largest absolute Gasteiger partial charge is 0.381 e. The first-order chi connectivity index (χ1) is 8.18. The third-order valence-electron chi connectivity index (χ3n) is 3.39. The lowest BCUT2D eigenvalue weighted by atomic mass is 10.0.